The fraction of sp³-hybridized carbons (Fsp3) is 0.933. The number of nitrogens with one attached hydrogen (secondary N) is 1. The molecule has 0 radical (unpaired) electrons. The topological polar surface area (TPSA) is 50.8 Å². The molecule has 0 aromatic heterocycles. The Hall–Kier alpha value is -0.650. The molecule has 0 spiro atoms. The molecule has 2 rings (SSSR count). The SMILES string of the molecule is CCCN1CCC(NCC2CCCO2)(C(=O)OC)CC1. The number of hydrogen-bond acceptors (Lipinski definition) is 5. The Bertz CT molecular complexity index is 308. The monoisotopic (exact) mass is 284 g/mol. The normalized spacial score (nSPS) is 26.6. The summed E-state index contributed by atoms with van der Waals surface area (Å²) in [6.07, 6.45) is 5.28. The number of nitrogens with zero attached hydrogens (tertiary/aromatic N) is 1. The predicted octanol–water partition coefficient (Wildman–Crippen LogP) is 1.17. The van der Waals surface area contributed by atoms with Crippen molar-refractivity contribution in [2.24, 2.45) is 0 Å². The van der Waals surface area contributed by atoms with E-state index in [1.54, 1.807) is 0 Å². The van der Waals surface area contributed by atoms with Crippen LogP contribution in [0.4, 0.5) is 0 Å². The molecule has 2 aliphatic heterocycles. The first kappa shape index (κ1) is 15.7. The van der Waals surface area contributed by atoms with Gasteiger partial charge in [-0.25, -0.2) is 0 Å². The summed E-state index contributed by atoms with van der Waals surface area (Å²) < 4.78 is 10.7. The first-order valence-electron chi connectivity index (χ1n) is 7.87. The number of carbonyl (C=O) groups excluding carboxylic acids is 1. The van der Waals surface area contributed by atoms with E-state index in [2.05, 4.69) is 17.1 Å². The van der Waals surface area contributed by atoms with E-state index in [-0.39, 0.29) is 12.1 Å². The van der Waals surface area contributed by atoms with Crippen LogP contribution in [0.3, 0.4) is 0 Å². The molecular formula is C15H28N2O3. The lowest BCUT2D eigenvalue weighted by atomic mass is 9.87. The minimum atomic E-state index is -0.509. The lowest BCUT2D eigenvalue weighted by Gasteiger charge is -2.40. The molecule has 2 fully saturated rings. The van der Waals surface area contributed by atoms with Crippen LogP contribution < -0.4 is 5.32 Å². The first-order valence-corrected chi connectivity index (χ1v) is 7.87. The van der Waals surface area contributed by atoms with Gasteiger partial charge in [0.25, 0.3) is 0 Å². The molecule has 2 aliphatic rings. The van der Waals surface area contributed by atoms with Crippen LogP contribution in [0, 0.1) is 0 Å². The van der Waals surface area contributed by atoms with Gasteiger partial charge in [-0.05, 0) is 38.6 Å². The van der Waals surface area contributed by atoms with Crippen LogP contribution in [0.5, 0.6) is 0 Å². The van der Waals surface area contributed by atoms with Crippen molar-refractivity contribution in [3.05, 3.63) is 0 Å². The van der Waals surface area contributed by atoms with E-state index in [4.69, 9.17) is 9.47 Å². The van der Waals surface area contributed by atoms with Gasteiger partial charge in [-0.15, -0.1) is 0 Å². The Labute approximate surface area is 122 Å². The second-order valence-electron chi connectivity index (χ2n) is 5.93. The molecular weight excluding hydrogens is 256 g/mol. The summed E-state index contributed by atoms with van der Waals surface area (Å²) in [6, 6.07) is 0. The number of likely N-dealkylation sites (tertiary alicyclic amines) is 1. The highest BCUT2D eigenvalue weighted by atomic mass is 16.5. The third kappa shape index (κ3) is 3.71. The molecule has 0 amide bonds. The largest absolute Gasteiger partial charge is 0.468 e. The van der Waals surface area contributed by atoms with E-state index in [9.17, 15) is 4.79 Å². The smallest absolute Gasteiger partial charge is 0.326 e. The molecule has 0 aromatic rings. The minimum absolute atomic E-state index is 0.119. The third-order valence-electron chi connectivity index (χ3n) is 4.52. The number of methoxy groups -OCH3 is 1. The highest BCUT2D eigenvalue weighted by Gasteiger charge is 2.42. The van der Waals surface area contributed by atoms with E-state index in [0.29, 0.717) is 0 Å². The average molecular weight is 284 g/mol. The Kier molecular flexibility index (Phi) is 5.81. The molecule has 1 atom stereocenters. The summed E-state index contributed by atoms with van der Waals surface area (Å²) in [5.41, 5.74) is -0.509. The van der Waals surface area contributed by atoms with Crippen LogP contribution >= 0.6 is 0 Å². The molecule has 2 heterocycles. The molecule has 116 valence electrons. The van der Waals surface area contributed by atoms with Crippen LogP contribution in [-0.4, -0.2) is 62.4 Å². The lowest BCUT2D eigenvalue weighted by Crippen LogP contribution is -2.60. The van der Waals surface area contributed by atoms with E-state index >= 15 is 0 Å². The summed E-state index contributed by atoms with van der Waals surface area (Å²) in [5, 5.41) is 3.46. The van der Waals surface area contributed by atoms with Gasteiger partial charge in [-0.3, -0.25) is 10.1 Å². The van der Waals surface area contributed by atoms with Gasteiger partial charge in [0.05, 0.1) is 13.2 Å². The zero-order valence-corrected chi connectivity index (χ0v) is 12.8. The Balaban J connectivity index is 1.90. The highest BCUT2D eigenvalue weighted by molar-refractivity contribution is 5.81. The van der Waals surface area contributed by atoms with Gasteiger partial charge in [0.15, 0.2) is 0 Å². The fourth-order valence-corrected chi connectivity index (χ4v) is 3.24. The van der Waals surface area contributed by atoms with Gasteiger partial charge < -0.3 is 14.4 Å². The Morgan fingerprint density at radius 3 is 2.75 bits per heavy atom. The van der Waals surface area contributed by atoms with Crippen molar-refractivity contribution in [2.45, 2.75) is 50.7 Å². The zero-order valence-electron chi connectivity index (χ0n) is 12.8. The number of hydrogen-bond donors (Lipinski definition) is 1. The number of piperidine rings is 1. The zero-order chi connectivity index (χ0) is 14.4. The van der Waals surface area contributed by atoms with Crippen LogP contribution in [0.15, 0.2) is 0 Å². The maximum absolute atomic E-state index is 12.2. The van der Waals surface area contributed by atoms with Crippen LogP contribution in [0.25, 0.3) is 0 Å². The predicted molar refractivity (Wildman–Crippen MR) is 77.7 cm³/mol. The van der Waals surface area contributed by atoms with E-state index in [0.717, 1.165) is 64.9 Å². The average Bonchev–Trinajstić information content (AvgIpc) is 3.00. The maximum atomic E-state index is 12.2. The van der Waals surface area contributed by atoms with Gasteiger partial charge in [-0.2, -0.15) is 0 Å². The lowest BCUT2D eigenvalue weighted by molar-refractivity contribution is -0.151. The van der Waals surface area contributed by atoms with Gasteiger partial charge in [0.2, 0.25) is 0 Å². The number of ether oxygens (including phenoxy) is 2. The Morgan fingerprint density at radius 1 is 1.45 bits per heavy atom. The Morgan fingerprint density at radius 2 is 2.20 bits per heavy atom. The van der Waals surface area contributed by atoms with E-state index < -0.39 is 5.54 Å². The van der Waals surface area contributed by atoms with Gasteiger partial charge in [0, 0.05) is 26.2 Å². The van der Waals surface area contributed by atoms with Crippen molar-refractivity contribution >= 4 is 5.97 Å². The summed E-state index contributed by atoms with van der Waals surface area (Å²) in [6.45, 7) is 6.83. The molecule has 0 bridgehead atoms. The van der Waals surface area contributed by atoms with Crippen molar-refractivity contribution in [2.75, 3.05) is 39.9 Å². The van der Waals surface area contributed by atoms with Gasteiger partial charge in [0.1, 0.15) is 5.54 Å². The number of carbonyl (C=O) groups is 1. The van der Waals surface area contributed by atoms with Gasteiger partial charge in [-0.1, -0.05) is 6.92 Å². The first-order chi connectivity index (χ1) is 9.70. The summed E-state index contributed by atoms with van der Waals surface area (Å²) in [4.78, 5) is 14.6. The van der Waals surface area contributed by atoms with Gasteiger partial charge >= 0.3 is 5.97 Å². The molecule has 5 nitrogen and oxygen atoms in total. The van der Waals surface area contributed by atoms with Crippen molar-refractivity contribution in [3.63, 3.8) is 0 Å². The summed E-state index contributed by atoms with van der Waals surface area (Å²) in [7, 11) is 1.48. The fourth-order valence-electron chi connectivity index (χ4n) is 3.24. The van der Waals surface area contributed by atoms with E-state index in [1.807, 2.05) is 0 Å². The molecule has 5 heteroatoms. The molecule has 0 aromatic carbocycles. The summed E-state index contributed by atoms with van der Waals surface area (Å²) in [5.74, 6) is -0.119. The van der Waals surface area contributed by atoms with Crippen molar-refractivity contribution in [1.29, 1.82) is 0 Å². The maximum Gasteiger partial charge on any atom is 0.326 e. The molecule has 20 heavy (non-hydrogen) atoms. The second-order valence-corrected chi connectivity index (χ2v) is 5.93. The van der Waals surface area contributed by atoms with Crippen molar-refractivity contribution in [3.8, 4) is 0 Å². The number of esters is 1. The van der Waals surface area contributed by atoms with Crippen molar-refractivity contribution < 1.29 is 14.3 Å². The standard InChI is InChI=1S/C15H28N2O3/c1-3-8-17-9-6-15(7-10-17,14(18)19-2)16-12-13-5-4-11-20-13/h13,16H,3-12H2,1-2H3. The molecule has 0 aliphatic carbocycles. The number of rotatable bonds is 6. The van der Waals surface area contributed by atoms with Crippen LogP contribution in [0.2, 0.25) is 0 Å². The quantitative estimate of drug-likeness (QED) is 0.742. The molecule has 0 saturated carbocycles. The molecule has 1 unspecified atom stereocenters. The second kappa shape index (κ2) is 7.38. The highest BCUT2D eigenvalue weighted by Crippen LogP contribution is 2.25. The van der Waals surface area contributed by atoms with E-state index in [1.165, 1.54) is 7.11 Å². The van der Waals surface area contributed by atoms with Crippen molar-refractivity contribution in [1.82, 2.24) is 10.2 Å². The molecule has 1 N–H and O–H groups in total. The van der Waals surface area contributed by atoms with Crippen LogP contribution in [-0.2, 0) is 14.3 Å². The minimum Gasteiger partial charge on any atom is -0.468 e. The summed E-state index contributed by atoms with van der Waals surface area (Å²) >= 11 is 0. The third-order valence-corrected chi connectivity index (χ3v) is 4.52. The molecule has 2 saturated heterocycles. The van der Waals surface area contributed by atoms with Crippen LogP contribution in [0.1, 0.15) is 39.0 Å².